The van der Waals surface area contributed by atoms with Crippen molar-refractivity contribution in [2.75, 3.05) is 13.7 Å². The molecule has 5 nitrogen and oxygen atoms in total. The summed E-state index contributed by atoms with van der Waals surface area (Å²) in [5.41, 5.74) is 1.86. The van der Waals surface area contributed by atoms with Crippen LogP contribution in [0.1, 0.15) is 38.9 Å². The second-order valence-electron chi connectivity index (χ2n) is 6.78. The topological polar surface area (TPSA) is 71.5 Å². The molecule has 1 atom stereocenters. The molecule has 31 heavy (non-hydrogen) atoms. The summed E-state index contributed by atoms with van der Waals surface area (Å²) in [6.07, 6.45) is 0. The third-order valence-corrected chi connectivity index (χ3v) is 4.41. The lowest BCUT2D eigenvalue weighted by atomic mass is 9.97. The lowest BCUT2D eigenvalue weighted by molar-refractivity contribution is 0.0937. The monoisotopic (exact) mass is 422 g/mol. The molecule has 0 aliphatic rings. The van der Waals surface area contributed by atoms with E-state index in [-0.39, 0.29) is 23.6 Å². The van der Waals surface area contributed by atoms with Crippen LogP contribution in [0.4, 0.5) is 8.78 Å². The van der Waals surface area contributed by atoms with E-state index >= 15 is 0 Å². The van der Waals surface area contributed by atoms with E-state index in [1.165, 1.54) is 43.5 Å². The number of methoxy groups -OCH3 is 1. The number of carbonyl (C=O) groups excluding carboxylic acids is 1. The van der Waals surface area contributed by atoms with Crippen LogP contribution in [0.3, 0.4) is 0 Å². The number of nitrogens with one attached hydrogen (secondary N) is 1. The Morgan fingerprint density at radius 1 is 1.13 bits per heavy atom. The molecule has 0 aliphatic heterocycles. The number of aromatic nitrogens is 1. The van der Waals surface area contributed by atoms with Crippen LogP contribution in [0, 0.1) is 30.4 Å². The van der Waals surface area contributed by atoms with Crippen molar-refractivity contribution in [3.8, 4) is 17.6 Å². The molecule has 0 fully saturated rings. The number of hydrogen-bond donors (Lipinski definition) is 2. The predicted octanol–water partition coefficient (Wildman–Crippen LogP) is 3.89. The van der Waals surface area contributed by atoms with E-state index in [2.05, 4.69) is 22.1 Å². The summed E-state index contributed by atoms with van der Waals surface area (Å²) in [5, 5.41) is 13.0. The van der Waals surface area contributed by atoms with Crippen LogP contribution in [0.15, 0.2) is 54.6 Å². The number of rotatable bonds is 5. The van der Waals surface area contributed by atoms with E-state index in [1.54, 1.807) is 13.0 Å². The van der Waals surface area contributed by atoms with Gasteiger partial charge in [-0.1, -0.05) is 24.0 Å². The van der Waals surface area contributed by atoms with Crippen molar-refractivity contribution in [3.63, 3.8) is 0 Å². The standard InChI is InChI=1S/C24H20F2N2O3/c1-15-12-16(4-3-11-31-2)13-21(27-15)24(30)28-23(17-5-7-18(25)8-6-17)20-14-19(26)9-10-22(20)29/h5-10,12-14,23,29H,11H2,1-2H3,(H,28,30). The van der Waals surface area contributed by atoms with E-state index in [4.69, 9.17) is 4.74 Å². The zero-order valence-electron chi connectivity index (χ0n) is 16.9. The Hall–Kier alpha value is -3.76. The lowest BCUT2D eigenvalue weighted by Crippen LogP contribution is -2.30. The quantitative estimate of drug-likeness (QED) is 0.612. The first-order valence-electron chi connectivity index (χ1n) is 9.38. The number of phenolic OH excluding ortho intramolecular Hbond substituents is 1. The number of halogens is 2. The molecule has 1 amide bonds. The van der Waals surface area contributed by atoms with Gasteiger partial charge in [-0.05, 0) is 55.0 Å². The molecule has 1 heterocycles. The molecule has 3 rings (SSSR count). The number of phenols is 1. The van der Waals surface area contributed by atoms with Crippen LogP contribution >= 0.6 is 0 Å². The minimum atomic E-state index is -0.936. The number of aryl methyl sites for hydroxylation is 1. The maximum atomic E-state index is 13.9. The van der Waals surface area contributed by atoms with Gasteiger partial charge in [-0.25, -0.2) is 13.8 Å². The predicted molar refractivity (Wildman–Crippen MR) is 112 cm³/mol. The van der Waals surface area contributed by atoms with E-state index in [0.717, 1.165) is 12.1 Å². The van der Waals surface area contributed by atoms with Crippen molar-refractivity contribution < 1.29 is 23.4 Å². The summed E-state index contributed by atoms with van der Waals surface area (Å²) in [4.78, 5) is 17.3. The normalized spacial score (nSPS) is 11.4. The number of benzene rings is 2. The molecule has 0 aliphatic carbocycles. The second kappa shape index (κ2) is 9.83. The van der Waals surface area contributed by atoms with Gasteiger partial charge in [0.25, 0.3) is 5.91 Å². The van der Waals surface area contributed by atoms with Crippen LogP contribution in [0.5, 0.6) is 5.75 Å². The summed E-state index contributed by atoms with van der Waals surface area (Å²) in [6.45, 7) is 1.97. The van der Waals surface area contributed by atoms with Gasteiger partial charge >= 0.3 is 0 Å². The number of nitrogens with zero attached hydrogens (tertiary/aromatic N) is 1. The number of hydrogen-bond acceptors (Lipinski definition) is 4. The SMILES string of the molecule is COCC#Cc1cc(C)nc(C(=O)NC(c2ccc(F)cc2)c2cc(F)ccc2O)c1. The molecular weight excluding hydrogens is 402 g/mol. The molecule has 0 saturated heterocycles. The summed E-state index contributed by atoms with van der Waals surface area (Å²) >= 11 is 0. The zero-order valence-corrected chi connectivity index (χ0v) is 16.9. The van der Waals surface area contributed by atoms with Crippen molar-refractivity contribution >= 4 is 5.91 Å². The second-order valence-corrected chi connectivity index (χ2v) is 6.78. The number of pyridine rings is 1. The van der Waals surface area contributed by atoms with Gasteiger partial charge in [0.05, 0.1) is 6.04 Å². The minimum Gasteiger partial charge on any atom is -0.508 e. The van der Waals surface area contributed by atoms with E-state index in [1.807, 2.05) is 0 Å². The molecule has 0 saturated carbocycles. The largest absolute Gasteiger partial charge is 0.508 e. The molecule has 2 aromatic carbocycles. The summed E-state index contributed by atoms with van der Waals surface area (Å²) in [6, 6.07) is 11.1. The maximum Gasteiger partial charge on any atom is 0.270 e. The first-order valence-corrected chi connectivity index (χ1v) is 9.38. The average Bonchev–Trinajstić information content (AvgIpc) is 2.74. The van der Waals surface area contributed by atoms with Crippen molar-refractivity contribution in [2.24, 2.45) is 0 Å². The highest BCUT2D eigenvalue weighted by Gasteiger charge is 2.22. The van der Waals surface area contributed by atoms with E-state index in [9.17, 15) is 18.7 Å². The molecule has 1 unspecified atom stereocenters. The van der Waals surface area contributed by atoms with Crippen molar-refractivity contribution in [2.45, 2.75) is 13.0 Å². The molecule has 2 N–H and O–H groups in total. The summed E-state index contributed by atoms with van der Waals surface area (Å²) in [5.74, 6) is 3.90. The van der Waals surface area contributed by atoms with Gasteiger partial charge in [0.2, 0.25) is 0 Å². The molecule has 158 valence electrons. The fourth-order valence-electron chi connectivity index (χ4n) is 3.02. The van der Waals surface area contributed by atoms with Crippen LogP contribution in [-0.2, 0) is 4.74 Å². The van der Waals surface area contributed by atoms with Gasteiger partial charge in [0.1, 0.15) is 29.7 Å². The van der Waals surface area contributed by atoms with Gasteiger partial charge < -0.3 is 15.2 Å². The Balaban J connectivity index is 1.98. The van der Waals surface area contributed by atoms with Gasteiger partial charge in [-0.2, -0.15) is 0 Å². The molecule has 0 spiro atoms. The van der Waals surface area contributed by atoms with Crippen LogP contribution in [0.2, 0.25) is 0 Å². The third-order valence-electron chi connectivity index (χ3n) is 4.41. The van der Waals surface area contributed by atoms with Crippen molar-refractivity contribution in [1.82, 2.24) is 10.3 Å². The maximum absolute atomic E-state index is 13.9. The third kappa shape index (κ3) is 5.65. The number of aromatic hydroxyl groups is 1. The highest BCUT2D eigenvalue weighted by atomic mass is 19.1. The molecule has 0 radical (unpaired) electrons. The van der Waals surface area contributed by atoms with Crippen molar-refractivity contribution in [3.05, 3.63) is 94.3 Å². The molecule has 7 heteroatoms. The van der Waals surface area contributed by atoms with Crippen LogP contribution < -0.4 is 5.32 Å². The fourth-order valence-corrected chi connectivity index (χ4v) is 3.02. The number of carbonyl (C=O) groups is 1. The first-order chi connectivity index (χ1) is 14.9. The summed E-state index contributed by atoms with van der Waals surface area (Å²) < 4.78 is 32.2. The van der Waals surface area contributed by atoms with Gasteiger partial charge in [0, 0.05) is 23.9 Å². The highest BCUT2D eigenvalue weighted by molar-refractivity contribution is 5.93. The number of ether oxygens (including phenoxy) is 1. The lowest BCUT2D eigenvalue weighted by Gasteiger charge is -2.21. The van der Waals surface area contributed by atoms with Crippen molar-refractivity contribution in [1.29, 1.82) is 0 Å². The summed E-state index contributed by atoms with van der Waals surface area (Å²) in [7, 11) is 1.53. The Labute approximate surface area is 178 Å². The Morgan fingerprint density at radius 2 is 1.84 bits per heavy atom. The Bertz CT molecular complexity index is 1150. The fraction of sp³-hybridized carbons (Fsp3) is 0.167. The van der Waals surface area contributed by atoms with Gasteiger partial charge in [0.15, 0.2) is 0 Å². The number of amides is 1. The van der Waals surface area contributed by atoms with Gasteiger partial charge in [-0.3, -0.25) is 4.79 Å². The highest BCUT2D eigenvalue weighted by Crippen LogP contribution is 2.30. The Morgan fingerprint density at radius 3 is 2.55 bits per heavy atom. The molecular formula is C24H20F2N2O3. The van der Waals surface area contributed by atoms with Gasteiger partial charge in [-0.15, -0.1) is 0 Å². The molecule has 1 aromatic heterocycles. The van der Waals surface area contributed by atoms with E-state index < -0.39 is 23.6 Å². The molecule has 3 aromatic rings. The van der Waals surface area contributed by atoms with Crippen LogP contribution in [-0.4, -0.2) is 29.7 Å². The van der Waals surface area contributed by atoms with E-state index in [0.29, 0.717) is 16.8 Å². The minimum absolute atomic E-state index is 0.102. The molecule has 0 bridgehead atoms. The Kier molecular flexibility index (Phi) is 6.96. The first kappa shape index (κ1) is 21.9. The average molecular weight is 422 g/mol. The smallest absolute Gasteiger partial charge is 0.270 e. The van der Waals surface area contributed by atoms with Crippen LogP contribution in [0.25, 0.3) is 0 Å². The zero-order chi connectivity index (χ0) is 22.4.